The summed E-state index contributed by atoms with van der Waals surface area (Å²) in [6.45, 7) is 6.09. The minimum absolute atomic E-state index is 0.154. The van der Waals surface area contributed by atoms with Crippen LogP contribution in [0.2, 0.25) is 0 Å². The maximum atomic E-state index is 12.0. The first-order valence-electron chi connectivity index (χ1n) is 6.04. The van der Waals surface area contributed by atoms with Crippen molar-refractivity contribution in [2.24, 2.45) is 5.92 Å². The van der Waals surface area contributed by atoms with E-state index in [9.17, 15) is 8.42 Å². The minimum atomic E-state index is -3.01. The van der Waals surface area contributed by atoms with Gasteiger partial charge < -0.3 is 5.32 Å². The first-order valence-corrected chi connectivity index (χ1v) is 8.55. The first kappa shape index (κ1) is 15.5. The quantitative estimate of drug-likeness (QED) is 0.868. The van der Waals surface area contributed by atoms with Crippen LogP contribution in [0.5, 0.6) is 0 Å². The van der Waals surface area contributed by atoms with Gasteiger partial charge in [-0.15, -0.1) is 0 Å². The Balaban J connectivity index is 2.52. The molecule has 1 aromatic rings. The fourth-order valence-electron chi connectivity index (χ4n) is 1.54. The molecule has 0 spiro atoms. The molecular formula is C13H20BrNO2S. The van der Waals surface area contributed by atoms with E-state index >= 15 is 0 Å². The summed E-state index contributed by atoms with van der Waals surface area (Å²) in [4.78, 5) is 0. The fraction of sp³-hybridized carbons (Fsp3) is 0.538. The monoisotopic (exact) mass is 333 g/mol. The lowest BCUT2D eigenvalue weighted by atomic mass is 10.2. The molecule has 0 aliphatic heterocycles. The number of nitrogens with one attached hydrogen (secondary N) is 1. The Hall–Kier alpha value is -0.550. The van der Waals surface area contributed by atoms with Gasteiger partial charge in [0.1, 0.15) is 0 Å². The predicted molar refractivity (Wildman–Crippen MR) is 80.7 cm³/mol. The summed E-state index contributed by atoms with van der Waals surface area (Å²) in [7, 11) is -3.01. The largest absolute Gasteiger partial charge is 0.384 e. The summed E-state index contributed by atoms with van der Waals surface area (Å²) in [6.07, 6.45) is 0. The van der Waals surface area contributed by atoms with E-state index in [0.717, 1.165) is 10.2 Å². The van der Waals surface area contributed by atoms with Gasteiger partial charge in [-0.1, -0.05) is 35.8 Å². The summed E-state index contributed by atoms with van der Waals surface area (Å²) in [5.41, 5.74) is 0.928. The van der Waals surface area contributed by atoms with Crippen LogP contribution in [0.1, 0.15) is 20.8 Å². The topological polar surface area (TPSA) is 46.2 Å². The molecule has 1 aromatic carbocycles. The molecule has 0 saturated carbocycles. The highest BCUT2D eigenvalue weighted by Gasteiger charge is 2.23. The Morgan fingerprint density at radius 2 is 1.94 bits per heavy atom. The van der Waals surface area contributed by atoms with E-state index in [-0.39, 0.29) is 16.9 Å². The summed E-state index contributed by atoms with van der Waals surface area (Å²) in [6, 6.07) is 7.70. The van der Waals surface area contributed by atoms with Gasteiger partial charge in [-0.05, 0) is 31.0 Å². The molecule has 0 heterocycles. The van der Waals surface area contributed by atoms with Gasteiger partial charge in [0.05, 0.1) is 11.0 Å². The number of halogens is 1. The Kier molecular flexibility index (Phi) is 5.66. The zero-order valence-electron chi connectivity index (χ0n) is 11.0. The number of rotatable bonds is 6. The summed E-state index contributed by atoms with van der Waals surface area (Å²) in [5, 5.41) is 2.84. The SMILES string of the molecule is CC(C)C(C)S(=O)(=O)CCNc1cccc(Br)c1. The molecule has 0 aliphatic carbocycles. The molecular weight excluding hydrogens is 314 g/mol. The molecule has 3 nitrogen and oxygen atoms in total. The normalized spacial score (nSPS) is 13.6. The molecule has 0 saturated heterocycles. The average molecular weight is 334 g/mol. The second-order valence-electron chi connectivity index (χ2n) is 4.75. The summed E-state index contributed by atoms with van der Waals surface area (Å²) < 4.78 is 24.9. The van der Waals surface area contributed by atoms with Gasteiger partial charge in [-0.3, -0.25) is 0 Å². The van der Waals surface area contributed by atoms with Crippen LogP contribution in [0.25, 0.3) is 0 Å². The second kappa shape index (κ2) is 6.57. The number of hydrogen-bond donors (Lipinski definition) is 1. The minimum Gasteiger partial charge on any atom is -0.384 e. The molecule has 18 heavy (non-hydrogen) atoms. The molecule has 0 aliphatic rings. The number of benzene rings is 1. The maximum Gasteiger partial charge on any atom is 0.154 e. The average Bonchev–Trinajstić information content (AvgIpc) is 2.27. The lowest BCUT2D eigenvalue weighted by Crippen LogP contribution is -2.29. The third-order valence-corrected chi connectivity index (χ3v) is 5.99. The lowest BCUT2D eigenvalue weighted by molar-refractivity contribution is 0.546. The molecule has 0 aromatic heterocycles. The Morgan fingerprint density at radius 1 is 1.28 bits per heavy atom. The fourth-order valence-corrected chi connectivity index (χ4v) is 3.52. The van der Waals surface area contributed by atoms with E-state index in [1.807, 2.05) is 38.1 Å². The van der Waals surface area contributed by atoms with Crippen molar-refractivity contribution >= 4 is 31.5 Å². The van der Waals surface area contributed by atoms with E-state index < -0.39 is 9.84 Å². The smallest absolute Gasteiger partial charge is 0.154 e. The Labute approximate surface area is 118 Å². The molecule has 0 amide bonds. The van der Waals surface area contributed by atoms with E-state index in [4.69, 9.17) is 0 Å². The summed E-state index contributed by atoms with van der Waals surface area (Å²) in [5.74, 6) is 0.319. The van der Waals surface area contributed by atoms with Crippen LogP contribution in [0.3, 0.4) is 0 Å². The number of sulfone groups is 1. The van der Waals surface area contributed by atoms with Crippen molar-refractivity contribution in [3.05, 3.63) is 28.7 Å². The highest BCUT2D eigenvalue weighted by Crippen LogP contribution is 2.16. The molecule has 0 fully saturated rings. The zero-order chi connectivity index (χ0) is 13.8. The predicted octanol–water partition coefficient (Wildman–Crippen LogP) is 3.32. The van der Waals surface area contributed by atoms with Crippen LogP contribution < -0.4 is 5.32 Å². The van der Waals surface area contributed by atoms with Crippen LogP contribution in [0.4, 0.5) is 5.69 Å². The van der Waals surface area contributed by atoms with Crippen molar-refractivity contribution < 1.29 is 8.42 Å². The second-order valence-corrected chi connectivity index (χ2v) is 8.15. The van der Waals surface area contributed by atoms with Gasteiger partial charge in [0.15, 0.2) is 9.84 Å². The van der Waals surface area contributed by atoms with Crippen molar-refractivity contribution in [1.82, 2.24) is 0 Å². The van der Waals surface area contributed by atoms with Crippen LogP contribution >= 0.6 is 15.9 Å². The van der Waals surface area contributed by atoms with Crippen molar-refractivity contribution in [1.29, 1.82) is 0 Å². The number of hydrogen-bond acceptors (Lipinski definition) is 3. The Bertz CT molecular complexity index is 486. The molecule has 0 bridgehead atoms. The van der Waals surface area contributed by atoms with Crippen LogP contribution in [0.15, 0.2) is 28.7 Å². The standard InChI is InChI=1S/C13H20BrNO2S/c1-10(2)11(3)18(16,17)8-7-15-13-6-4-5-12(14)9-13/h4-6,9-11,15H,7-8H2,1-3H3. The molecule has 1 unspecified atom stereocenters. The van der Waals surface area contributed by atoms with E-state index in [1.54, 1.807) is 6.92 Å². The molecule has 0 radical (unpaired) electrons. The third kappa shape index (κ3) is 4.61. The van der Waals surface area contributed by atoms with Crippen molar-refractivity contribution in [2.45, 2.75) is 26.0 Å². The van der Waals surface area contributed by atoms with Gasteiger partial charge in [0.2, 0.25) is 0 Å². The maximum absolute atomic E-state index is 12.0. The van der Waals surface area contributed by atoms with Gasteiger partial charge in [0.25, 0.3) is 0 Å². The van der Waals surface area contributed by atoms with Crippen LogP contribution in [-0.4, -0.2) is 26.0 Å². The van der Waals surface area contributed by atoms with Crippen molar-refractivity contribution in [3.8, 4) is 0 Å². The molecule has 1 N–H and O–H groups in total. The third-order valence-electron chi connectivity index (χ3n) is 3.05. The molecule has 5 heteroatoms. The molecule has 1 atom stereocenters. The Morgan fingerprint density at radius 3 is 2.50 bits per heavy atom. The highest BCUT2D eigenvalue weighted by atomic mass is 79.9. The van der Waals surface area contributed by atoms with Crippen LogP contribution in [-0.2, 0) is 9.84 Å². The van der Waals surface area contributed by atoms with Gasteiger partial charge in [-0.2, -0.15) is 0 Å². The summed E-state index contributed by atoms with van der Waals surface area (Å²) >= 11 is 3.38. The molecule has 1 rings (SSSR count). The van der Waals surface area contributed by atoms with Gasteiger partial charge in [0, 0.05) is 16.7 Å². The zero-order valence-corrected chi connectivity index (χ0v) is 13.4. The van der Waals surface area contributed by atoms with Gasteiger partial charge >= 0.3 is 0 Å². The van der Waals surface area contributed by atoms with E-state index in [0.29, 0.717) is 6.54 Å². The van der Waals surface area contributed by atoms with E-state index in [1.165, 1.54) is 0 Å². The molecule has 102 valence electrons. The first-order chi connectivity index (χ1) is 8.33. The van der Waals surface area contributed by atoms with Crippen molar-refractivity contribution in [3.63, 3.8) is 0 Å². The van der Waals surface area contributed by atoms with Gasteiger partial charge in [-0.25, -0.2) is 8.42 Å². The number of anilines is 1. The lowest BCUT2D eigenvalue weighted by Gasteiger charge is -2.16. The van der Waals surface area contributed by atoms with E-state index in [2.05, 4.69) is 21.2 Å². The van der Waals surface area contributed by atoms with Crippen LogP contribution in [0, 0.1) is 5.92 Å². The highest BCUT2D eigenvalue weighted by molar-refractivity contribution is 9.10. The van der Waals surface area contributed by atoms with Crippen molar-refractivity contribution in [2.75, 3.05) is 17.6 Å².